The molecule has 0 bridgehead atoms. The molecule has 0 saturated carbocycles. The zero-order chi connectivity index (χ0) is 17.4. The van der Waals surface area contributed by atoms with Crippen molar-refractivity contribution in [2.24, 2.45) is 0 Å². The number of aromatic nitrogens is 1. The van der Waals surface area contributed by atoms with E-state index >= 15 is 0 Å². The molecule has 2 N–H and O–H groups in total. The maximum absolute atomic E-state index is 12.3. The van der Waals surface area contributed by atoms with Gasteiger partial charge >= 0.3 is 0 Å². The van der Waals surface area contributed by atoms with E-state index in [1.807, 2.05) is 0 Å². The van der Waals surface area contributed by atoms with Crippen molar-refractivity contribution in [2.45, 2.75) is 6.54 Å². The Kier molecular flexibility index (Phi) is 6.13. The van der Waals surface area contributed by atoms with E-state index in [1.54, 1.807) is 42.7 Å². The number of nitrogens with one attached hydrogen (secondary N) is 2. The van der Waals surface area contributed by atoms with Crippen LogP contribution in [0.1, 0.15) is 15.9 Å². The second-order valence-electron chi connectivity index (χ2n) is 4.85. The molecule has 7 heteroatoms. The molecule has 2 amide bonds. The van der Waals surface area contributed by atoms with Gasteiger partial charge in [-0.05, 0) is 29.8 Å². The highest BCUT2D eigenvalue weighted by molar-refractivity contribution is 6.01. The fraction of sp³-hybridized carbons (Fsp3) is 0.235. The normalized spacial score (nSPS) is 9.92. The topological polar surface area (TPSA) is 89.5 Å². The summed E-state index contributed by atoms with van der Waals surface area (Å²) in [7, 11) is 2.93. The lowest BCUT2D eigenvalue weighted by Gasteiger charge is -2.13. The number of carbonyl (C=O) groups is 2. The van der Waals surface area contributed by atoms with Crippen molar-refractivity contribution in [3.05, 3.63) is 53.9 Å². The fourth-order valence-corrected chi connectivity index (χ4v) is 2.09. The smallest absolute Gasteiger partial charge is 0.259 e. The monoisotopic (exact) mass is 329 g/mol. The van der Waals surface area contributed by atoms with E-state index in [1.165, 1.54) is 14.2 Å². The molecule has 1 heterocycles. The van der Waals surface area contributed by atoms with Crippen molar-refractivity contribution in [1.82, 2.24) is 15.6 Å². The molecule has 7 nitrogen and oxygen atoms in total. The van der Waals surface area contributed by atoms with Crippen molar-refractivity contribution < 1.29 is 19.1 Å². The molecule has 2 rings (SSSR count). The Labute approximate surface area is 140 Å². The quantitative estimate of drug-likeness (QED) is 0.795. The minimum Gasteiger partial charge on any atom is -0.496 e. The molecule has 0 unspecified atom stereocenters. The zero-order valence-electron chi connectivity index (χ0n) is 13.5. The molecule has 0 saturated heterocycles. The molecular formula is C17H19N3O4. The van der Waals surface area contributed by atoms with E-state index in [0.717, 1.165) is 5.56 Å². The first-order valence-corrected chi connectivity index (χ1v) is 7.30. The Balaban J connectivity index is 1.92. The second-order valence-corrected chi connectivity index (χ2v) is 4.85. The number of ether oxygens (including phenoxy) is 2. The van der Waals surface area contributed by atoms with E-state index in [4.69, 9.17) is 9.47 Å². The maximum atomic E-state index is 12.3. The summed E-state index contributed by atoms with van der Waals surface area (Å²) >= 11 is 0. The Morgan fingerprint density at radius 2 is 1.62 bits per heavy atom. The summed E-state index contributed by atoms with van der Waals surface area (Å²) < 4.78 is 10.3. The molecule has 0 fully saturated rings. The number of methoxy groups -OCH3 is 2. The lowest BCUT2D eigenvalue weighted by Crippen LogP contribution is -2.36. The Bertz CT molecular complexity index is 682. The van der Waals surface area contributed by atoms with Gasteiger partial charge in [-0.15, -0.1) is 0 Å². The van der Waals surface area contributed by atoms with Crippen molar-refractivity contribution in [3.8, 4) is 11.5 Å². The van der Waals surface area contributed by atoms with Gasteiger partial charge in [-0.1, -0.05) is 6.07 Å². The van der Waals surface area contributed by atoms with Crippen molar-refractivity contribution in [1.29, 1.82) is 0 Å². The molecule has 0 spiro atoms. The van der Waals surface area contributed by atoms with Gasteiger partial charge < -0.3 is 20.1 Å². The first-order chi connectivity index (χ1) is 11.7. The minimum atomic E-state index is -0.441. The molecule has 126 valence electrons. The summed E-state index contributed by atoms with van der Waals surface area (Å²) in [4.78, 5) is 28.1. The van der Waals surface area contributed by atoms with Crippen LogP contribution in [0, 0.1) is 0 Å². The van der Waals surface area contributed by atoms with Crippen LogP contribution < -0.4 is 20.1 Å². The number of amides is 2. The largest absolute Gasteiger partial charge is 0.496 e. The van der Waals surface area contributed by atoms with Gasteiger partial charge in [-0.2, -0.15) is 0 Å². The highest BCUT2D eigenvalue weighted by Crippen LogP contribution is 2.27. The number of nitrogens with zero attached hydrogens (tertiary/aromatic N) is 1. The van der Waals surface area contributed by atoms with E-state index in [-0.39, 0.29) is 18.0 Å². The summed E-state index contributed by atoms with van der Waals surface area (Å²) in [5, 5.41) is 5.28. The average molecular weight is 329 g/mol. The van der Waals surface area contributed by atoms with Crippen molar-refractivity contribution in [2.75, 3.05) is 20.8 Å². The van der Waals surface area contributed by atoms with Gasteiger partial charge in [-0.25, -0.2) is 0 Å². The summed E-state index contributed by atoms with van der Waals surface area (Å²) in [6.45, 7) is 0.223. The minimum absolute atomic E-state index is 0.148. The van der Waals surface area contributed by atoms with E-state index in [9.17, 15) is 9.59 Å². The SMILES string of the molecule is COc1cccc(OC)c1C(=O)NCC(=O)NCc1ccncc1. The molecule has 0 atom stereocenters. The van der Waals surface area contributed by atoms with Gasteiger partial charge in [-0.3, -0.25) is 14.6 Å². The molecule has 0 aliphatic rings. The number of hydrogen-bond acceptors (Lipinski definition) is 5. The number of rotatable bonds is 7. The number of benzene rings is 1. The number of carbonyl (C=O) groups excluding carboxylic acids is 2. The van der Waals surface area contributed by atoms with Crippen LogP contribution in [-0.4, -0.2) is 37.6 Å². The first-order valence-electron chi connectivity index (χ1n) is 7.30. The zero-order valence-corrected chi connectivity index (χ0v) is 13.5. The Morgan fingerprint density at radius 3 is 2.21 bits per heavy atom. The highest BCUT2D eigenvalue weighted by Gasteiger charge is 2.18. The van der Waals surface area contributed by atoms with E-state index in [2.05, 4.69) is 15.6 Å². The van der Waals surface area contributed by atoms with Crippen LogP contribution in [0.25, 0.3) is 0 Å². The molecule has 0 radical (unpaired) electrons. The van der Waals surface area contributed by atoms with Crippen LogP contribution in [0.3, 0.4) is 0 Å². The molecule has 1 aromatic carbocycles. The maximum Gasteiger partial charge on any atom is 0.259 e. The molecule has 0 aliphatic carbocycles. The average Bonchev–Trinajstić information content (AvgIpc) is 2.64. The summed E-state index contributed by atoms with van der Waals surface area (Å²) in [6, 6.07) is 8.63. The van der Waals surface area contributed by atoms with Crippen LogP contribution in [0.5, 0.6) is 11.5 Å². The van der Waals surface area contributed by atoms with Gasteiger partial charge in [0.05, 0.1) is 20.8 Å². The van der Waals surface area contributed by atoms with Crippen molar-refractivity contribution in [3.63, 3.8) is 0 Å². The van der Waals surface area contributed by atoms with Crippen molar-refractivity contribution >= 4 is 11.8 Å². The third-order valence-electron chi connectivity index (χ3n) is 3.30. The molecule has 24 heavy (non-hydrogen) atoms. The summed E-state index contributed by atoms with van der Waals surface area (Å²) in [5.41, 5.74) is 1.18. The van der Waals surface area contributed by atoms with E-state index in [0.29, 0.717) is 18.0 Å². The van der Waals surface area contributed by atoms with Gasteiger partial charge in [0.1, 0.15) is 17.1 Å². The lowest BCUT2D eigenvalue weighted by molar-refractivity contribution is -0.120. The van der Waals surface area contributed by atoms with Gasteiger partial charge in [0, 0.05) is 18.9 Å². The third kappa shape index (κ3) is 4.45. The van der Waals surface area contributed by atoms with Crippen LogP contribution >= 0.6 is 0 Å². The first kappa shape index (κ1) is 17.3. The van der Waals surface area contributed by atoms with Gasteiger partial charge in [0.25, 0.3) is 5.91 Å². The summed E-state index contributed by atoms with van der Waals surface area (Å²) in [5.74, 6) is 0.0190. The third-order valence-corrected chi connectivity index (χ3v) is 3.30. The Morgan fingerprint density at radius 1 is 1.00 bits per heavy atom. The molecule has 2 aromatic rings. The fourth-order valence-electron chi connectivity index (χ4n) is 2.09. The van der Waals surface area contributed by atoms with Crippen LogP contribution in [0.4, 0.5) is 0 Å². The summed E-state index contributed by atoms with van der Waals surface area (Å²) in [6.07, 6.45) is 3.30. The molecule has 0 aliphatic heterocycles. The second kappa shape index (κ2) is 8.52. The lowest BCUT2D eigenvalue weighted by atomic mass is 10.1. The van der Waals surface area contributed by atoms with Crippen LogP contribution in [0.15, 0.2) is 42.7 Å². The molecule has 1 aromatic heterocycles. The standard InChI is InChI=1S/C17H19N3O4/c1-23-13-4-3-5-14(24-2)16(13)17(22)20-11-15(21)19-10-12-6-8-18-9-7-12/h3-9H,10-11H2,1-2H3,(H,19,21)(H,20,22). The molecular weight excluding hydrogens is 310 g/mol. The van der Waals surface area contributed by atoms with Crippen LogP contribution in [0.2, 0.25) is 0 Å². The van der Waals surface area contributed by atoms with Crippen LogP contribution in [-0.2, 0) is 11.3 Å². The Hall–Kier alpha value is -3.09. The highest BCUT2D eigenvalue weighted by atomic mass is 16.5. The predicted molar refractivity (Wildman–Crippen MR) is 88.0 cm³/mol. The van der Waals surface area contributed by atoms with Gasteiger partial charge in [0.2, 0.25) is 5.91 Å². The predicted octanol–water partition coefficient (Wildman–Crippen LogP) is 1.14. The van der Waals surface area contributed by atoms with Gasteiger partial charge in [0.15, 0.2) is 0 Å². The van der Waals surface area contributed by atoms with E-state index < -0.39 is 5.91 Å². The number of pyridine rings is 1. The number of hydrogen-bond donors (Lipinski definition) is 2.